The highest BCUT2D eigenvalue weighted by Gasteiger charge is 2.34. The third kappa shape index (κ3) is 3.58. The molecule has 1 saturated heterocycles. The molecule has 1 atom stereocenters. The molecule has 1 amide bonds. The fourth-order valence-electron chi connectivity index (χ4n) is 3.94. The molecule has 1 unspecified atom stereocenters. The zero-order valence-corrected chi connectivity index (χ0v) is 15.2. The number of hydrogen-bond acceptors (Lipinski definition) is 4. The molecule has 0 N–H and O–H groups in total. The van der Waals surface area contributed by atoms with E-state index < -0.39 is 0 Å². The van der Waals surface area contributed by atoms with E-state index in [2.05, 4.69) is 41.2 Å². The van der Waals surface area contributed by atoms with Crippen LogP contribution in [0.1, 0.15) is 24.0 Å². The molecule has 1 aromatic heterocycles. The summed E-state index contributed by atoms with van der Waals surface area (Å²) in [6, 6.07) is 12.2. The van der Waals surface area contributed by atoms with Crippen LogP contribution in [0, 0.1) is 0 Å². The highest BCUT2D eigenvalue weighted by molar-refractivity contribution is 5.82. The lowest BCUT2D eigenvalue weighted by atomic mass is 9.93. The summed E-state index contributed by atoms with van der Waals surface area (Å²) in [5.74, 6) is 1.11. The van der Waals surface area contributed by atoms with E-state index in [1.807, 2.05) is 17.0 Å². The fraction of sp³-hybridized carbons (Fsp3) is 0.429. The van der Waals surface area contributed by atoms with Crippen molar-refractivity contribution in [3.05, 3.63) is 59.9 Å². The molecule has 0 aliphatic carbocycles. The third-order valence-corrected chi connectivity index (χ3v) is 5.47. The maximum atomic E-state index is 13.1. The van der Waals surface area contributed by atoms with E-state index in [9.17, 15) is 4.79 Å². The van der Waals surface area contributed by atoms with Gasteiger partial charge in [0.1, 0.15) is 11.9 Å². The van der Waals surface area contributed by atoms with Gasteiger partial charge in [-0.25, -0.2) is 0 Å². The van der Waals surface area contributed by atoms with Crippen molar-refractivity contribution >= 4 is 5.91 Å². The number of likely N-dealkylation sites (N-methyl/N-ethyl adjacent to an activating group) is 1. The number of pyridine rings is 1. The molecule has 2 aliphatic heterocycles. The molecular weight excluding hydrogens is 326 g/mol. The van der Waals surface area contributed by atoms with Crippen LogP contribution in [0.5, 0.6) is 5.75 Å². The maximum Gasteiger partial charge on any atom is 0.240 e. The van der Waals surface area contributed by atoms with Crippen molar-refractivity contribution in [2.45, 2.75) is 38.0 Å². The van der Waals surface area contributed by atoms with Gasteiger partial charge in [0.05, 0.1) is 6.04 Å². The van der Waals surface area contributed by atoms with E-state index in [0.717, 1.165) is 44.6 Å². The van der Waals surface area contributed by atoms with Crippen molar-refractivity contribution in [2.75, 3.05) is 20.1 Å². The largest absolute Gasteiger partial charge is 0.490 e. The van der Waals surface area contributed by atoms with Gasteiger partial charge < -0.3 is 9.64 Å². The molecule has 2 aromatic rings. The number of ether oxygens (including phenoxy) is 1. The number of carbonyl (C=O) groups is 1. The van der Waals surface area contributed by atoms with E-state index in [4.69, 9.17) is 4.74 Å². The molecule has 5 nitrogen and oxygen atoms in total. The lowest BCUT2D eigenvalue weighted by Gasteiger charge is -2.39. The SMILES string of the molecule is CN1Cc2ccccc2CC1C(=O)N1CCC(Oc2ccncc2)CC1. The topological polar surface area (TPSA) is 45.7 Å². The Morgan fingerprint density at radius 2 is 1.77 bits per heavy atom. The summed E-state index contributed by atoms with van der Waals surface area (Å²) in [5.41, 5.74) is 2.64. The Kier molecular flexibility index (Phi) is 4.89. The standard InChI is InChI=1S/C21H25N3O2/c1-23-15-17-5-3-2-4-16(17)14-20(23)21(25)24-12-8-19(9-13-24)26-18-6-10-22-11-7-18/h2-7,10-11,19-20H,8-9,12-15H2,1H3. The van der Waals surface area contributed by atoms with E-state index in [1.165, 1.54) is 11.1 Å². The highest BCUT2D eigenvalue weighted by Crippen LogP contribution is 2.25. The van der Waals surface area contributed by atoms with Gasteiger partial charge in [-0.1, -0.05) is 24.3 Å². The number of nitrogens with zero attached hydrogens (tertiary/aromatic N) is 3. The second-order valence-electron chi connectivity index (χ2n) is 7.23. The molecule has 26 heavy (non-hydrogen) atoms. The minimum absolute atomic E-state index is 0.0532. The Hall–Kier alpha value is -2.40. The van der Waals surface area contributed by atoms with Gasteiger partial charge in [0, 0.05) is 44.9 Å². The second kappa shape index (κ2) is 7.46. The minimum Gasteiger partial charge on any atom is -0.490 e. The highest BCUT2D eigenvalue weighted by atomic mass is 16.5. The number of rotatable bonds is 3. The predicted octanol–water partition coefficient (Wildman–Crippen LogP) is 2.51. The Morgan fingerprint density at radius 3 is 2.50 bits per heavy atom. The first-order chi connectivity index (χ1) is 12.7. The van der Waals surface area contributed by atoms with Gasteiger partial charge in [0.15, 0.2) is 0 Å². The third-order valence-electron chi connectivity index (χ3n) is 5.47. The van der Waals surface area contributed by atoms with E-state index in [-0.39, 0.29) is 18.1 Å². The monoisotopic (exact) mass is 351 g/mol. The van der Waals surface area contributed by atoms with Gasteiger partial charge in [0.25, 0.3) is 0 Å². The normalized spacial score (nSPS) is 21.3. The van der Waals surface area contributed by atoms with Crippen LogP contribution in [0.25, 0.3) is 0 Å². The number of likely N-dealkylation sites (tertiary alicyclic amines) is 1. The van der Waals surface area contributed by atoms with E-state index in [1.54, 1.807) is 12.4 Å². The van der Waals surface area contributed by atoms with Gasteiger partial charge in [-0.05, 0) is 36.7 Å². The number of fused-ring (bicyclic) bond motifs is 1. The van der Waals surface area contributed by atoms with Crippen LogP contribution < -0.4 is 4.74 Å². The maximum absolute atomic E-state index is 13.1. The summed E-state index contributed by atoms with van der Waals surface area (Å²) >= 11 is 0. The molecule has 0 bridgehead atoms. The van der Waals surface area contributed by atoms with E-state index >= 15 is 0 Å². The van der Waals surface area contributed by atoms with Crippen molar-refractivity contribution in [3.63, 3.8) is 0 Å². The Labute approximate surface area is 154 Å². The summed E-state index contributed by atoms with van der Waals surface area (Å²) in [6.07, 6.45) is 6.21. The summed E-state index contributed by atoms with van der Waals surface area (Å²) in [4.78, 5) is 21.3. The number of hydrogen-bond donors (Lipinski definition) is 0. The smallest absolute Gasteiger partial charge is 0.240 e. The Bertz CT molecular complexity index is 757. The van der Waals surface area contributed by atoms with Crippen LogP contribution >= 0.6 is 0 Å². The van der Waals surface area contributed by atoms with Crippen molar-refractivity contribution in [3.8, 4) is 5.75 Å². The van der Waals surface area contributed by atoms with Crippen LogP contribution in [0.15, 0.2) is 48.8 Å². The fourth-order valence-corrected chi connectivity index (χ4v) is 3.94. The van der Waals surface area contributed by atoms with Gasteiger partial charge in [-0.15, -0.1) is 0 Å². The first-order valence-corrected chi connectivity index (χ1v) is 9.33. The molecule has 136 valence electrons. The molecule has 4 rings (SSSR count). The molecule has 0 saturated carbocycles. The molecule has 1 fully saturated rings. The first kappa shape index (κ1) is 17.0. The minimum atomic E-state index is -0.0532. The second-order valence-corrected chi connectivity index (χ2v) is 7.23. The average Bonchev–Trinajstić information content (AvgIpc) is 2.68. The number of benzene rings is 1. The average molecular weight is 351 g/mol. The number of carbonyl (C=O) groups excluding carboxylic acids is 1. The molecule has 0 radical (unpaired) electrons. The molecule has 1 aromatic carbocycles. The van der Waals surface area contributed by atoms with Crippen LogP contribution in [0.4, 0.5) is 0 Å². The van der Waals surface area contributed by atoms with Crippen molar-refractivity contribution in [1.29, 1.82) is 0 Å². The van der Waals surface area contributed by atoms with Crippen molar-refractivity contribution in [2.24, 2.45) is 0 Å². The van der Waals surface area contributed by atoms with Crippen LogP contribution in [0.3, 0.4) is 0 Å². The van der Waals surface area contributed by atoms with Crippen molar-refractivity contribution in [1.82, 2.24) is 14.8 Å². The Morgan fingerprint density at radius 1 is 1.08 bits per heavy atom. The van der Waals surface area contributed by atoms with Gasteiger partial charge in [-0.2, -0.15) is 0 Å². The molecule has 0 spiro atoms. The summed E-state index contributed by atoms with van der Waals surface area (Å²) in [7, 11) is 2.05. The molecule has 2 aliphatic rings. The zero-order valence-electron chi connectivity index (χ0n) is 15.2. The number of amides is 1. The predicted molar refractivity (Wildman–Crippen MR) is 99.9 cm³/mol. The lowest BCUT2D eigenvalue weighted by Crippen LogP contribution is -2.52. The van der Waals surface area contributed by atoms with Gasteiger partial charge >= 0.3 is 0 Å². The Balaban J connectivity index is 1.35. The zero-order chi connectivity index (χ0) is 17.9. The van der Waals surface area contributed by atoms with Gasteiger partial charge in [-0.3, -0.25) is 14.7 Å². The summed E-state index contributed by atoms with van der Waals surface area (Å²) < 4.78 is 6.01. The summed E-state index contributed by atoms with van der Waals surface area (Å²) in [6.45, 7) is 2.37. The van der Waals surface area contributed by atoms with Crippen LogP contribution in [-0.4, -0.2) is 53.0 Å². The number of piperidine rings is 1. The first-order valence-electron chi connectivity index (χ1n) is 9.33. The molecular formula is C21H25N3O2. The number of aromatic nitrogens is 1. The summed E-state index contributed by atoms with van der Waals surface area (Å²) in [5, 5.41) is 0. The van der Waals surface area contributed by atoms with E-state index in [0.29, 0.717) is 0 Å². The molecule has 5 heteroatoms. The van der Waals surface area contributed by atoms with Crippen molar-refractivity contribution < 1.29 is 9.53 Å². The lowest BCUT2D eigenvalue weighted by molar-refractivity contribution is -0.138. The van der Waals surface area contributed by atoms with Crippen LogP contribution in [-0.2, 0) is 17.8 Å². The van der Waals surface area contributed by atoms with Crippen LogP contribution in [0.2, 0.25) is 0 Å². The quantitative estimate of drug-likeness (QED) is 0.852. The van der Waals surface area contributed by atoms with Gasteiger partial charge in [0.2, 0.25) is 5.91 Å². The molecule has 3 heterocycles.